The first-order chi connectivity index (χ1) is 12.0. The van der Waals surface area contributed by atoms with Crippen LogP contribution in [0.5, 0.6) is 0 Å². The zero-order chi connectivity index (χ0) is 18.0. The predicted octanol–water partition coefficient (Wildman–Crippen LogP) is 1.82. The second-order valence-corrected chi connectivity index (χ2v) is 7.17. The Bertz CT molecular complexity index is 657. The zero-order valence-corrected chi connectivity index (χ0v) is 14.4. The van der Waals surface area contributed by atoms with Gasteiger partial charge in [0.15, 0.2) is 0 Å². The van der Waals surface area contributed by atoms with Crippen LogP contribution >= 0.6 is 0 Å². The van der Waals surface area contributed by atoms with E-state index in [1.807, 2.05) is 30.3 Å². The molecule has 1 aliphatic carbocycles. The van der Waals surface area contributed by atoms with Crippen molar-refractivity contribution in [3.05, 3.63) is 35.9 Å². The molecular formula is C19H24N2O4. The number of carboxylic acid groups (broad SMARTS) is 1. The van der Waals surface area contributed by atoms with Gasteiger partial charge in [-0.2, -0.15) is 0 Å². The van der Waals surface area contributed by atoms with Crippen LogP contribution in [-0.2, 0) is 14.4 Å². The normalized spacial score (nSPS) is 22.5. The summed E-state index contributed by atoms with van der Waals surface area (Å²) in [6, 6.07) is 8.49. The molecule has 2 amide bonds. The third-order valence-electron chi connectivity index (χ3n) is 5.11. The molecule has 1 aliphatic heterocycles. The van der Waals surface area contributed by atoms with Crippen molar-refractivity contribution in [1.29, 1.82) is 0 Å². The van der Waals surface area contributed by atoms with Gasteiger partial charge in [-0.05, 0) is 31.2 Å². The summed E-state index contributed by atoms with van der Waals surface area (Å²) in [6.45, 7) is 2.76. The van der Waals surface area contributed by atoms with E-state index in [9.17, 15) is 19.5 Å². The highest BCUT2D eigenvalue weighted by Crippen LogP contribution is 2.32. The number of rotatable bonds is 7. The second-order valence-electron chi connectivity index (χ2n) is 7.17. The quantitative estimate of drug-likeness (QED) is 0.790. The fraction of sp³-hybridized carbons (Fsp3) is 0.526. The van der Waals surface area contributed by atoms with Crippen LogP contribution in [0.4, 0.5) is 0 Å². The molecule has 2 fully saturated rings. The van der Waals surface area contributed by atoms with E-state index in [1.54, 1.807) is 11.8 Å². The number of hydrogen-bond acceptors (Lipinski definition) is 3. The third kappa shape index (κ3) is 4.18. The lowest BCUT2D eigenvalue weighted by Gasteiger charge is -2.24. The maximum Gasteiger partial charge on any atom is 0.308 e. The number of likely N-dealkylation sites (tertiary alicyclic amines) is 1. The van der Waals surface area contributed by atoms with Gasteiger partial charge in [-0.25, -0.2) is 0 Å². The van der Waals surface area contributed by atoms with Crippen molar-refractivity contribution in [3.8, 4) is 0 Å². The van der Waals surface area contributed by atoms with Gasteiger partial charge < -0.3 is 15.3 Å². The lowest BCUT2D eigenvalue weighted by Crippen LogP contribution is -2.39. The largest absolute Gasteiger partial charge is 0.481 e. The molecule has 0 unspecified atom stereocenters. The summed E-state index contributed by atoms with van der Waals surface area (Å²) in [5.74, 6) is -1.76. The Morgan fingerprint density at radius 3 is 2.56 bits per heavy atom. The number of aliphatic carboxylic acids is 1. The number of carbonyl (C=O) groups excluding carboxylic acids is 2. The smallest absolute Gasteiger partial charge is 0.308 e. The number of amides is 2. The monoisotopic (exact) mass is 344 g/mol. The molecule has 0 radical (unpaired) electrons. The number of nitrogens with zero attached hydrogens (tertiary/aromatic N) is 1. The molecule has 1 heterocycles. The molecule has 25 heavy (non-hydrogen) atoms. The minimum atomic E-state index is -0.966. The van der Waals surface area contributed by atoms with E-state index in [0.29, 0.717) is 12.5 Å². The average Bonchev–Trinajstić information content (AvgIpc) is 3.34. The third-order valence-corrected chi connectivity index (χ3v) is 5.11. The van der Waals surface area contributed by atoms with Crippen LogP contribution in [0.2, 0.25) is 0 Å². The van der Waals surface area contributed by atoms with Crippen molar-refractivity contribution in [2.75, 3.05) is 13.1 Å². The number of benzene rings is 1. The number of carbonyl (C=O) groups is 3. The predicted molar refractivity (Wildman–Crippen MR) is 91.5 cm³/mol. The first-order valence-electron chi connectivity index (χ1n) is 8.81. The lowest BCUT2D eigenvalue weighted by molar-refractivity contribution is -0.142. The molecule has 2 aliphatic rings. The lowest BCUT2D eigenvalue weighted by atomic mass is 9.93. The van der Waals surface area contributed by atoms with Gasteiger partial charge in [0.2, 0.25) is 11.8 Å². The van der Waals surface area contributed by atoms with Crippen molar-refractivity contribution in [3.63, 3.8) is 0 Å². The molecule has 0 bridgehead atoms. The van der Waals surface area contributed by atoms with E-state index in [1.165, 1.54) is 0 Å². The fourth-order valence-electron chi connectivity index (χ4n) is 3.31. The van der Waals surface area contributed by atoms with Gasteiger partial charge >= 0.3 is 5.97 Å². The molecule has 1 aromatic carbocycles. The van der Waals surface area contributed by atoms with E-state index in [0.717, 1.165) is 24.9 Å². The second kappa shape index (κ2) is 7.25. The van der Waals surface area contributed by atoms with Crippen LogP contribution in [0, 0.1) is 17.8 Å². The van der Waals surface area contributed by atoms with Crippen molar-refractivity contribution in [1.82, 2.24) is 10.2 Å². The Kier molecular flexibility index (Phi) is 5.06. The Hall–Kier alpha value is -2.37. The van der Waals surface area contributed by atoms with E-state index < -0.39 is 23.8 Å². The van der Waals surface area contributed by atoms with Gasteiger partial charge in [0.1, 0.15) is 0 Å². The van der Waals surface area contributed by atoms with Gasteiger partial charge in [0, 0.05) is 19.5 Å². The summed E-state index contributed by atoms with van der Waals surface area (Å²) in [4.78, 5) is 38.0. The van der Waals surface area contributed by atoms with Crippen LogP contribution in [0.3, 0.4) is 0 Å². The van der Waals surface area contributed by atoms with Crippen molar-refractivity contribution in [2.45, 2.75) is 32.2 Å². The van der Waals surface area contributed by atoms with Gasteiger partial charge in [0.05, 0.1) is 17.9 Å². The van der Waals surface area contributed by atoms with E-state index >= 15 is 0 Å². The first kappa shape index (κ1) is 17.5. The van der Waals surface area contributed by atoms with Crippen molar-refractivity contribution in [2.24, 2.45) is 17.8 Å². The van der Waals surface area contributed by atoms with Crippen molar-refractivity contribution < 1.29 is 19.5 Å². The van der Waals surface area contributed by atoms with E-state index in [2.05, 4.69) is 5.32 Å². The van der Waals surface area contributed by atoms with Gasteiger partial charge in [-0.15, -0.1) is 0 Å². The van der Waals surface area contributed by atoms with Crippen LogP contribution < -0.4 is 5.32 Å². The molecule has 1 saturated carbocycles. The summed E-state index contributed by atoms with van der Waals surface area (Å²) in [5, 5.41) is 12.2. The van der Waals surface area contributed by atoms with Crippen molar-refractivity contribution >= 4 is 17.8 Å². The summed E-state index contributed by atoms with van der Waals surface area (Å²) in [6.07, 6.45) is 2.53. The highest BCUT2D eigenvalue weighted by atomic mass is 16.4. The molecule has 0 spiro atoms. The standard InChI is InChI=1S/C19H24N2O4/c1-12(19(24)25)17(14-5-3-2-4-6-14)20-18(23)15-9-16(22)21(11-15)10-13-7-8-13/h2-6,12-13,15,17H,7-11H2,1H3,(H,20,23)(H,24,25)/t12-,15-,17+/m0/s1. The summed E-state index contributed by atoms with van der Waals surface area (Å²) in [7, 11) is 0. The van der Waals surface area contributed by atoms with Gasteiger partial charge in [-0.3, -0.25) is 14.4 Å². The van der Waals surface area contributed by atoms with E-state index in [4.69, 9.17) is 0 Å². The zero-order valence-electron chi connectivity index (χ0n) is 14.4. The minimum absolute atomic E-state index is 0.0228. The first-order valence-corrected chi connectivity index (χ1v) is 8.81. The maximum atomic E-state index is 12.7. The fourth-order valence-corrected chi connectivity index (χ4v) is 3.31. The molecule has 3 rings (SSSR count). The highest BCUT2D eigenvalue weighted by Gasteiger charge is 2.38. The maximum absolute atomic E-state index is 12.7. The minimum Gasteiger partial charge on any atom is -0.481 e. The van der Waals surface area contributed by atoms with Crippen LogP contribution in [0.25, 0.3) is 0 Å². The molecular weight excluding hydrogens is 320 g/mol. The van der Waals surface area contributed by atoms with Crippen LogP contribution in [0.1, 0.15) is 37.8 Å². The summed E-state index contributed by atoms with van der Waals surface area (Å²) in [5.41, 5.74) is 0.755. The number of carboxylic acids is 1. The van der Waals surface area contributed by atoms with Gasteiger partial charge in [-0.1, -0.05) is 30.3 Å². The Labute approximate surface area is 147 Å². The molecule has 3 atom stereocenters. The number of hydrogen-bond donors (Lipinski definition) is 2. The van der Waals surface area contributed by atoms with Crippen LogP contribution in [0.15, 0.2) is 30.3 Å². The molecule has 6 heteroatoms. The molecule has 6 nitrogen and oxygen atoms in total. The molecule has 0 aromatic heterocycles. The Morgan fingerprint density at radius 1 is 1.28 bits per heavy atom. The summed E-state index contributed by atoms with van der Waals surface area (Å²) < 4.78 is 0. The topological polar surface area (TPSA) is 86.7 Å². The summed E-state index contributed by atoms with van der Waals surface area (Å²) >= 11 is 0. The molecule has 1 saturated heterocycles. The Balaban J connectivity index is 1.67. The molecule has 2 N–H and O–H groups in total. The van der Waals surface area contributed by atoms with Gasteiger partial charge in [0.25, 0.3) is 0 Å². The average molecular weight is 344 g/mol. The SMILES string of the molecule is C[C@H](C(=O)O)[C@@H](NC(=O)[C@H]1CC(=O)N(CC2CC2)C1)c1ccccc1. The number of nitrogens with one attached hydrogen (secondary N) is 1. The highest BCUT2D eigenvalue weighted by molar-refractivity contribution is 5.89. The van der Waals surface area contributed by atoms with E-state index in [-0.39, 0.29) is 18.2 Å². The molecule has 134 valence electrons. The Morgan fingerprint density at radius 2 is 1.96 bits per heavy atom. The van der Waals surface area contributed by atoms with Crippen LogP contribution in [-0.4, -0.2) is 40.9 Å². The molecule has 1 aromatic rings.